The number of hydrogen-bond donors (Lipinski definition) is 2. The Balaban J connectivity index is 1.90. The number of fused-ring (bicyclic) bond motifs is 1. The zero-order valence-corrected chi connectivity index (χ0v) is 15.2. The molecule has 2 N–H and O–H groups in total. The first-order valence-electron chi connectivity index (χ1n) is 9.24. The van der Waals surface area contributed by atoms with Gasteiger partial charge in [0.2, 0.25) is 5.91 Å². The lowest BCUT2D eigenvalue weighted by atomic mass is 9.57. The molecule has 1 spiro atoms. The summed E-state index contributed by atoms with van der Waals surface area (Å²) in [6.45, 7) is 5.62. The SMILES string of the molecule is C=C[C@]12C=CCN3CC[C@@]4(c5cc(O)ccc5NC(=O)[C@]4(C(=O)OC)C1)[C@@H]32. The summed E-state index contributed by atoms with van der Waals surface area (Å²) in [6.07, 6.45) is 7.04. The molecule has 0 radical (unpaired) electrons. The number of esters is 1. The van der Waals surface area contributed by atoms with E-state index in [9.17, 15) is 14.7 Å². The molecule has 27 heavy (non-hydrogen) atoms. The van der Waals surface area contributed by atoms with Crippen LogP contribution in [-0.4, -0.2) is 48.1 Å². The summed E-state index contributed by atoms with van der Waals surface area (Å²) < 4.78 is 5.21. The summed E-state index contributed by atoms with van der Waals surface area (Å²) in [5.41, 5.74) is -1.15. The van der Waals surface area contributed by atoms with Gasteiger partial charge in [-0.3, -0.25) is 14.5 Å². The van der Waals surface area contributed by atoms with Gasteiger partial charge in [0.15, 0.2) is 5.41 Å². The largest absolute Gasteiger partial charge is 0.508 e. The highest BCUT2D eigenvalue weighted by atomic mass is 16.5. The summed E-state index contributed by atoms with van der Waals surface area (Å²) in [7, 11) is 1.33. The van der Waals surface area contributed by atoms with Crippen LogP contribution in [0.2, 0.25) is 0 Å². The van der Waals surface area contributed by atoms with Crippen molar-refractivity contribution in [3.8, 4) is 5.75 Å². The Bertz CT molecular complexity index is 925. The Morgan fingerprint density at radius 2 is 2.30 bits per heavy atom. The maximum atomic E-state index is 13.5. The molecule has 1 amide bonds. The first kappa shape index (κ1) is 16.6. The summed E-state index contributed by atoms with van der Waals surface area (Å²) in [6, 6.07) is 4.89. The fourth-order valence-electron chi connectivity index (χ4n) is 6.42. The van der Waals surface area contributed by atoms with Gasteiger partial charge in [0.05, 0.1) is 7.11 Å². The Labute approximate surface area is 157 Å². The smallest absolute Gasteiger partial charge is 0.322 e. The molecule has 1 aromatic carbocycles. The van der Waals surface area contributed by atoms with Crippen LogP contribution in [0.3, 0.4) is 0 Å². The van der Waals surface area contributed by atoms with Crippen LogP contribution >= 0.6 is 0 Å². The molecule has 0 aromatic heterocycles. The number of rotatable bonds is 2. The van der Waals surface area contributed by atoms with Crippen molar-refractivity contribution in [1.29, 1.82) is 0 Å². The highest BCUT2D eigenvalue weighted by Gasteiger charge is 2.80. The van der Waals surface area contributed by atoms with E-state index < -0.39 is 22.2 Å². The first-order chi connectivity index (χ1) is 12.9. The maximum absolute atomic E-state index is 13.5. The molecule has 1 saturated heterocycles. The average molecular weight is 366 g/mol. The lowest BCUT2D eigenvalue weighted by Crippen LogP contribution is -2.61. The Morgan fingerprint density at radius 1 is 1.48 bits per heavy atom. The number of anilines is 1. The van der Waals surface area contributed by atoms with E-state index in [0.717, 1.165) is 18.7 Å². The van der Waals surface area contributed by atoms with Gasteiger partial charge in [-0.2, -0.15) is 0 Å². The summed E-state index contributed by atoms with van der Waals surface area (Å²) >= 11 is 0. The lowest BCUT2D eigenvalue weighted by molar-refractivity contribution is -0.162. The van der Waals surface area contributed by atoms with E-state index in [1.54, 1.807) is 18.2 Å². The molecule has 1 aliphatic carbocycles. The van der Waals surface area contributed by atoms with Crippen LogP contribution in [0.15, 0.2) is 43.0 Å². The molecule has 6 heteroatoms. The van der Waals surface area contributed by atoms with Crippen LogP contribution in [-0.2, 0) is 19.7 Å². The average Bonchev–Trinajstić information content (AvgIpc) is 3.20. The molecule has 4 atom stereocenters. The molecule has 6 nitrogen and oxygen atoms in total. The normalized spacial score (nSPS) is 38.6. The topological polar surface area (TPSA) is 78.9 Å². The number of methoxy groups -OCH3 is 1. The van der Waals surface area contributed by atoms with Gasteiger partial charge >= 0.3 is 5.97 Å². The maximum Gasteiger partial charge on any atom is 0.322 e. The minimum Gasteiger partial charge on any atom is -0.508 e. The molecule has 140 valence electrons. The fraction of sp³-hybridized carbons (Fsp3) is 0.429. The van der Waals surface area contributed by atoms with Crippen molar-refractivity contribution in [2.75, 3.05) is 25.5 Å². The van der Waals surface area contributed by atoms with Gasteiger partial charge in [-0.1, -0.05) is 18.2 Å². The van der Waals surface area contributed by atoms with Crippen molar-refractivity contribution < 1.29 is 19.4 Å². The second kappa shape index (κ2) is 5.01. The second-order valence-corrected chi connectivity index (χ2v) is 8.10. The monoisotopic (exact) mass is 366 g/mol. The zero-order valence-electron chi connectivity index (χ0n) is 15.2. The van der Waals surface area contributed by atoms with Crippen molar-refractivity contribution in [3.05, 3.63) is 48.6 Å². The van der Waals surface area contributed by atoms with Gasteiger partial charge in [-0.05, 0) is 43.1 Å². The highest BCUT2D eigenvalue weighted by molar-refractivity contribution is 6.14. The number of amides is 1. The third kappa shape index (κ3) is 1.62. The summed E-state index contributed by atoms with van der Waals surface area (Å²) in [5.74, 6) is -0.711. The van der Waals surface area contributed by atoms with Crippen molar-refractivity contribution in [2.45, 2.75) is 24.3 Å². The molecule has 3 aliphatic heterocycles. The Hall–Kier alpha value is -2.60. The quantitative estimate of drug-likeness (QED) is 0.362. The number of ether oxygens (including phenoxy) is 1. The molecule has 0 bridgehead atoms. The minimum absolute atomic E-state index is 0.0850. The third-order valence-electron chi connectivity index (χ3n) is 7.27. The van der Waals surface area contributed by atoms with Gasteiger partial charge < -0.3 is 15.2 Å². The van der Waals surface area contributed by atoms with E-state index in [2.05, 4.69) is 28.9 Å². The highest BCUT2D eigenvalue weighted by Crippen LogP contribution is 2.71. The van der Waals surface area contributed by atoms with Crippen molar-refractivity contribution in [2.24, 2.45) is 10.8 Å². The molecule has 2 fully saturated rings. The Kier molecular flexibility index (Phi) is 3.07. The van der Waals surface area contributed by atoms with Gasteiger partial charge in [-0.15, -0.1) is 6.58 Å². The van der Waals surface area contributed by atoms with Crippen LogP contribution in [0.4, 0.5) is 5.69 Å². The molecular weight excluding hydrogens is 344 g/mol. The predicted octanol–water partition coefficient (Wildman–Crippen LogP) is 1.96. The zero-order chi connectivity index (χ0) is 19.0. The molecule has 0 unspecified atom stereocenters. The molecular formula is C21H22N2O4. The number of nitrogens with zero attached hydrogens (tertiary/aromatic N) is 1. The van der Waals surface area contributed by atoms with Crippen LogP contribution in [0.1, 0.15) is 18.4 Å². The number of hydrogen-bond acceptors (Lipinski definition) is 5. The minimum atomic E-state index is -1.36. The van der Waals surface area contributed by atoms with Gasteiger partial charge in [-0.25, -0.2) is 0 Å². The van der Waals surface area contributed by atoms with E-state index in [4.69, 9.17) is 4.74 Å². The number of phenols is 1. The van der Waals surface area contributed by atoms with Gasteiger partial charge in [0.25, 0.3) is 0 Å². The molecule has 3 heterocycles. The number of phenolic OH excluding ortho intramolecular Hbond substituents is 1. The number of aromatic hydroxyl groups is 1. The molecule has 4 aliphatic rings. The summed E-state index contributed by atoms with van der Waals surface area (Å²) in [5, 5.41) is 13.1. The Morgan fingerprint density at radius 3 is 3.04 bits per heavy atom. The standard InChI is InChI=1S/C21H22N2O4/c1-3-19-7-4-9-23-10-8-20(16(19)23)14-11-13(24)5-6-15(14)22-17(25)21(20,12-19)18(26)27-2/h3-7,11,16,24H,1,8-10,12H2,2H3,(H,22,25)/t16-,19-,20+,21-/m0/s1. The number of nitrogens with one attached hydrogen (secondary N) is 1. The van der Waals surface area contributed by atoms with Gasteiger partial charge in [0, 0.05) is 29.1 Å². The lowest BCUT2D eigenvalue weighted by Gasteiger charge is -2.48. The number of benzene rings is 1. The predicted molar refractivity (Wildman–Crippen MR) is 99.2 cm³/mol. The van der Waals surface area contributed by atoms with Crippen LogP contribution < -0.4 is 5.32 Å². The summed E-state index contributed by atoms with van der Waals surface area (Å²) in [4.78, 5) is 29.0. The number of carbonyl (C=O) groups excluding carboxylic acids is 2. The van der Waals surface area contributed by atoms with E-state index in [0.29, 0.717) is 18.5 Å². The molecule has 1 aromatic rings. The first-order valence-corrected chi connectivity index (χ1v) is 9.24. The van der Waals surface area contributed by atoms with Crippen molar-refractivity contribution in [3.63, 3.8) is 0 Å². The molecule has 5 rings (SSSR count). The van der Waals surface area contributed by atoms with E-state index in [-0.39, 0.29) is 17.7 Å². The third-order valence-corrected chi connectivity index (χ3v) is 7.27. The second-order valence-electron chi connectivity index (χ2n) is 8.10. The molecule has 1 saturated carbocycles. The van der Waals surface area contributed by atoms with Gasteiger partial charge in [0.1, 0.15) is 5.75 Å². The van der Waals surface area contributed by atoms with E-state index in [1.807, 2.05) is 6.08 Å². The number of carbonyl (C=O) groups is 2. The van der Waals surface area contributed by atoms with Crippen LogP contribution in [0.25, 0.3) is 0 Å². The van der Waals surface area contributed by atoms with E-state index >= 15 is 0 Å². The fourth-order valence-corrected chi connectivity index (χ4v) is 6.42. The van der Waals surface area contributed by atoms with Crippen molar-refractivity contribution in [1.82, 2.24) is 4.90 Å². The van der Waals surface area contributed by atoms with Crippen LogP contribution in [0, 0.1) is 10.8 Å². The van der Waals surface area contributed by atoms with E-state index in [1.165, 1.54) is 7.11 Å². The van der Waals surface area contributed by atoms with Crippen LogP contribution in [0.5, 0.6) is 5.75 Å². The van der Waals surface area contributed by atoms with Crippen molar-refractivity contribution >= 4 is 17.6 Å².